The van der Waals surface area contributed by atoms with Crippen molar-refractivity contribution in [3.63, 3.8) is 0 Å². The fraction of sp³-hybridized carbons (Fsp3) is 0.100. The number of hydrogen-bond acceptors (Lipinski definition) is 3. The van der Waals surface area contributed by atoms with Crippen molar-refractivity contribution in [1.29, 1.82) is 0 Å². The number of benzene rings is 3. The van der Waals surface area contributed by atoms with Crippen molar-refractivity contribution >= 4 is 21.7 Å². The summed E-state index contributed by atoms with van der Waals surface area (Å²) in [4.78, 5) is 17.7. The molecule has 0 aliphatic heterocycles. The second kappa shape index (κ2) is 5.49. The molecule has 0 atom stereocenters. The van der Waals surface area contributed by atoms with Crippen LogP contribution in [0.5, 0.6) is 5.75 Å². The molecule has 0 unspecified atom stereocenters. The topological polar surface area (TPSA) is 44.1 Å². The Labute approximate surface area is 139 Å². The third-order valence-corrected chi connectivity index (χ3v) is 4.23. The van der Waals surface area contributed by atoms with Crippen molar-refractivity contribution in [3.05, 3.63) is 76.8 Å². The average Bonchev–Trinajstić information content (AvgIpc) is 2.61. The minimum Gasteiger partial charge on any atom is -0.497 e. The molecule has 0 aliphatic rings. The minimum atomic E-state index is -0.0616. The largest absolute Gasteiger partial charge is 0.497 e. The van der Waals surface area contributed by atoms with Crippen molar-refractivity contribution in [1.82, 2.24) is 9.55 Å². The normalized spacial score (nSPS) is 11.1. The molecule has 1 aromatic heterocycles. The van der Waals surface area contributed by atoms with E-state index in [0.29, 0.717) is 11.2 Å². The van der Waals surface area contributed by atoms with Gasteiger partial charge in [0.15, 0.2) is 0 Å². The lowest BCUT2D eigenvalue weighted by Gasteiger charge is -2.12. The third-order valence-electron chi connectivity index (χ3n) is 4.23. The molecule has 0 aliphatic carbocycles. The van der Waals surface area contributed by atoms with Crippen molar-refractivity contribution in [2.45, 2.75) is 6.92 Å². The molecule has 4 rings (SSSR count). The predicted molar refractivity (Wildman–Crippen MR) is 96.1 cm³/mol. The van der Waals surface area contributed by atoms with Crippen LogP contribution in [0.15, 0.2) is 65.5 Å². The summed E-state index contributed by atoms with van der Waals surface area (Å²) in [5.74, 6) is 1.41. The van der Waals surface area contributed by atoms with Crippen LogP contribution in [0.1, 0.15) is 5.82 Å². The summed E-state index contributed by atoms with van der Waals surface area (Å²) in [5, 5.41) is 2.74. The predicted octanol–water partition coefficient (Wildman–Crippen LogP) is 3.86. The van der Waals surface area contributed by atoms with E-state index in [1.54, 1.807) is 11.7 Å². The Morgan fingerprint density at radius 3 is 2.29 bits per heavy atom. The van der Waals surface area contributed by atoms with Gasteiger partial charge in [-0.2, -0.15) is 0 Å². The summed E-state index contributed by atoms with van der Waals surface area (Å²) in [5.41, 5.74) is 1.44. The molecule has 0 saturated heterocycles. The van der Waals surface area contributed by atoms with Crippen LogP contribution in [0.2, 0.25) is 0 Å². The Bertz CT molecular complexity index is 1110. The van der Waals surface area contributed by atoms with Crippen LogP contribution >= 0.6 is 0 Å². The van der Waals surface area contributed by atoms with Gasteiger partial charge in [0.1, 0.15) is 11.6 Å². The number of rotatable bonds is 2. The number of ether oxygens (including phenoxy) is 1. The minimum absolute atomic E-state index is 0.0616. The molecule has 0 radical (unpaired) electrons. The van der Waals surface area contributed by atoms with E-state index >= 15 is 0 Å². The second-order valence-electron chi connectivity index (χ2n) is 5.71. The Kier molecular flexibility index (Phi) is 3.31. The van der Waals surface area contributed by atoms with Gasteiger partial charge in [-0.25, -0.2) is 4.98 Å². The quantitative estimate of drug-likeness (QED) is 0.528. The zero-order chi connectivity index (χ0) is 16.7. The van der Waals surface area contributed by atoms with Crippen LogP contribution in [-0.2, 0) is 0 Å². The molecule has 24 heavy (non-hydrogen) atoms. The number of methoxy groups -OCH3 is 1. The second-order valence-corrected chi connectivity index (χ2v) is 5.71. The molecule has 4 aromatic rings. The maximum absolute atomic E-state index is 13.0. The summed E-state index contributed by atoms with van der Waals surface area (Å²) in [6.45, 7) is 1.85. The number of hydrogen-bond donors (Lipinski definition) is 0. The Morgan fingerprint density at radius 1 is 0.958 bits per heavy atom. The van der Waals surface area contributed by atoms with Gasteiger partial charge >= 0.3 is 0 Å². The molecule has 0 fully saturated rings. The molecular weight excluding hydrogens is 300 g/mol. The summed E-state index contributed by atoms with van der Waals surface area (Å²) < 4.78 is 6.82. The number of fused-ring (bicyclic) bond motifs is 2. The Morgan fingerprint density at radius 2 is 1.62 bits per heavy atom. The van der Waals surface area contributed by atoms with Gasteiger partial charge in [0.25, 0.3) is 5.56 Å². The maximum atomic E-state index is 13.0. The summed E-state index contributed by atoms with van der Waals surface area (Å²) in [7, 11) is 1.62. The van der Waals surface area contributed by atoms with Crippen LogP contribution in [0.25, 0.3) is 27.4 Å². The van der Waals surface area contributed by atoms with Crippen molar-refractivity contribution in [3.8, 4) is 11.4 Å². The average molecular weight is 316 g/mol. The zero-order valence-corrected chi connectivity index (χ0v) is 13.5. The van der Waals surface area contributed by atoms with Crippen molar-refractivity contribution in [2.75, 3.05) is 7.11 Å². The fourth-order valence-corrected chi connectivity index (χ4v) is 3.02. The molecule has 4 heteroatoms. The maximum Gasteiger partial charge on any atom is 0.265 e. The molecule has 0 amide bonds. The summed E-state index contributed by atoms with van der Waals surface area (Å²) in [6, 6.07) is 19.3. The zero-order valence-electron chi connectivity index (χ0n) is 13.5. The number of nitrogens with zero attached hydrogens (tertiary/aromatic N) is 2. The monoisotopic (exact) mass is 316 g/mol. The fourth-order valence-electron chi connectivity index (χ4n) is 3.02. The number of aromatic nitrogens is 2. The SMILES string of the molecule is COc1ccc(-n2c(C)nc3cc4ccccc4cc3c2=O)cc1. The molecule has 118 valence electrons. The highest BCUT2D eigenvalue weighted by Gasteiger charge is 2.11. The van der Waals surface area contributed by atoms with Crippen LogP contribution in [0.3, 0.4) is 0 Å². The van der Waals surface area contributed by atoms with Gasteiger partial charge in [-0.3, -0.25) is 9.36 Å². The van der Waals surface area contributed by atoms with E-state index in [9.17, 15) is 4.79 Å². The molecule has 3 aromatic carbocycles. The van der Waals surface area contributed by atoms with E-state index in [-0.39, 0.29) is 5.56 Å². The van der Waals surface area contributed by atoms with Gasteiger partial charge in [-0.1, -0.05) is 24.3 Å². The first kappa shape index (κ1) is 14.5. The van der Waals surface area contributed by atoms with Crippen LogP contribution < -0.4 is 10.3 Å². The summed E-state index contributed by atoms with van der Waals surface area (Å²) in [6.07, 6.45) is 0. The lowest BCUT2D eigenvalue weighted by molar-refractivity contribution is 0.414. The first-order valence-electron chi connectivity index (χ1n) is 7.74. The highest BCUT2D eigenvalue weighted by molar-refractivity contribution is 5.96. The van der Waals surface area contributed by atoms with Gasteiger partial charge in [0.05, 0.1) is 23.7 Å². The van der Waals surface area contributed by atoms with Crippen LogP contribution in [0.4, 0.5) is 0 Å². The smallest absolute Gasteiger partial charge is 0.265 e. The van der Waals surface area contributed by atoms with E-state index in [0.717, 1.165) is 27.7 Å². The van der Waals surface area contributed by atoms with Gasteiger partial charge < -0.3 is 4.74 Å². The lowest BCUT2D eigenvalue weighted by Crippen LogP contribution is -2.22. The van der Waals surface area contributed by atoms with Gasteiger partial charge in [-0.05, 0) is 54.1 Å². The van der Waals surface area contributed by atoms with E-state index in [4.69, 9.17) is 4.74 Å². The molecule has 0 spiro atoms. The van der Waals surface area contributed by atoms with Gasteiger partial charge in [0, 0.05) is 0 Å². The molecular formula is C20H16N2O2. The summed E-state index contributed by atoms with van der Waals surface area (Å²) >= 11 is 0. The lowest BCUT2D eigenvalue weighted by atomic mass is 10.1. The first-order chi connectivity index (χ1) is 11.7. The Balaban J connectivity index is 2.01. The van der Waals surface area contributed by atoms with Crippen molar-refractivity contribution in [2.24, 2.45) is 0 Å². The molecule has 0 N–H and O–H groups in total. The molecule has 1 heterocycles. The highest BCUT2D eigenvalue weighted by atomic mass is 16.5. The van der Waals surface area contributed by atoms with Gasteiger partial charge in [-0.15, -0.1) is 0 Å². The highest BCUT2D eigenvalue weighted by Crippen LogP contribution is 2.21. The standard InChI is InChI=1S/C20H16N2O2/c1-13-21-19-12-15-6-4-3-5-14(15)11-18(19)20(23)22(13)16-7-9-17(24-2)10-8-16/h3-12H,1-2H3. The number of aryl methyl sites for hydroxylation is 1. The van der Waals surface area contributed by atoms with Crippen LogP contribution in [0, 0.1) is 6.92 Å². The van der Waals surface area contributed by atoms with Crippen molar-refractivity contribution < 1.29 is 4.74 Å². The van der Waals surface area contributed by atoms with E-state index in [1.165, 1.54) is 0 Å². The van der Waals surface area contributed by atoms with Gasteiger partial charge in [0.2, 0.25) is 0 Å². The molecule has 0 saturated carbocycles. The van der Waals surface area contributed by atoms with Crippen LogP contribution in [-0.4, -0.2) is 16.7 Å². The molecule has 0 bridgehead atoms. The molecule has 4 nitrogen and oxygen atoms in total. The third kappa shape index (κ3) is 2.24. The van der Waals surface area contributed by atoms with E-state index < -0.39 is 0 Å². The van der Waals surface area contributed by atoms with E-state index in [1.807, 2.05) is 67.6 Å². The Hall–Kier alpha value is -3.14. The van der Waals surface area contributed by atoms with E-state index in [2.05, 4.69) is 4.98 Å². The first-order valence-corrected chi connectivity index (χ1v) is 7.74.